The van der Waals surface area contributed by atoms with Crippen molar-refractivity contribution < 1.29 is 23.9 Å². The lowest BCUT2D eigenvalue weighted by molar-refractivity contribution is -0.123. The van der Waals surface area contributed by atoms with Gasteiger partial charge in [-0.2, -0.15) is 0 Å². The Balaban J connectivity index is 2.58. The molecule has 0 bridgehead atoms. The van der Waals surface area contributed by atoms with Crippen LogP contribution in [-0.2, 0) is 14.3 Å². The number of amides is 3. The molecule has 3 amide bonds. The van der Waals surface area contributed by atoms with Crippen LogP contribution in [0.4, 0.5) is 10.5 Å². The van der Waals surface area contributed by atoms with E-state index in [4.69, 9.17) is 9.47 Å². The highest BCUT2D eigenvalue weighted by molar-refractivity contribution is 5.92. The van der Waals surface area contributed by atoms with Gasteiger partial charge in [0, 0.05) is 31.9 Å². The quantitative estimate of drug-likeness (QED) is 0.708. The first-order chi connectivity index (χ1) is 13.0. The molecule has 1 aromatic carbocycles. The summed E-state index contributed by atoms with van der Waals surface area (Å²) in [6, 6.07) is 6.79. The number of likely N-dealkylation sites (N-methyl/N-ethyl adjacent to an activating group) is 1. The maximum Gasteiger partial charge on any atom is 0.410 e. The van der Waals surface area contributed by atoms with Crippen LogP contribution >= 0.6 is 0 Å². The van der Waals surface area contributed by atoms with E-state index in [1.165, 1.54) is 4.90 Å². The molecule has 28 heavy (non-hydrogen) atoms. The molecule has 0 radical (unpaired) electrons. The molecule has 0 aromatic heterocycles. The molecular weight excluding hydrogens is 362 g/mol. The predicted octanol–water partition coefficient (Wildman–Crippen LogP) is 2.64. The summed E-state index contributed by atoms with van der Waals surface area (Å²) in [6.07, 6.45) is -0.479. The topological polar surface area (TPSA) is 97.0 Å². The minimum Gasteiger partial charge on any atom is -0.484 e. The number of rotatable bonds is 8. The van der Waals surface area contributed by atoms with Gasteiger partial charge in [0.2, 0.25) is 5.91 Å². The lowest BCUT2D eigenvalue weighted by atomic mass is 10.1. The van der Waals surface area contributed by atoms with Gasteiger partial charge in [-0.1, -0.05) is 13.0 Å². The Morgan fingerprint density at radius 1 is 1.21 bits per heavy atom. The monoisotopic (exact) mass is 393 g/mol. The van der Waals surface area contributed by atoms with E-state index >= 15 is 0 Å². The number of ether oxygens (including phenoxy) is 2. The Labute approximate surface area is 166 Å². The number of anilines is 1. The summed E-state index contributed by atoms with van der Waals surface area (Å²) in [6.45, 7) is 9.58. The number of carbonyl (C=O) groups is 3. The predicted molar refractivity (Wildman–Crippen MR) is 107 cm³/mol. The van der Waals surface area contributed by atoms with Crippen LogP contribution in [0.15, 0.2) is 24.3 Å². The van der Waals surface area contributed by atoms with E-state index < -0.39 is 17.6 Å². The highest BCUT2D eigenvalue weighted by Gasteiger charge is 2.23. The van der Waals surface area contributed by atoms with Crippen LogP contribution in [0.3, 0.4) is 0 Å². The highest BCUT2D eigenvalue weighted by atomic mass is 16.6. The second-order valence-corrected chi connectivity index (χ2v) is 7.52. The van der Waals surface area contributed by atoms with Crippen LogP contribution in [-0.4, -0.2) is 55.2 Å². The largest absolute Gasteiger partial charge is 0.484 e. The van der Waals surface area contributed by atoms with E-state index in [0.717, 1.165) is 0 Å². The summed E-state index contributed by atoms with van der Waals surface area (Å²) in [5, 5.41) is 5.43. The van der Waals surface area contributed by atoms with Crippen molar-refractivity contribution in [1.82, 2.24) is 10.2 Å². The Hall–Kier alpha value is -2.77. The van der Waals surface area contributed by atoms with Gasteiger partial charge in [0.25, 0.3) is 5.91 Å². The summed E-state index contributed by atoms with van der Waals surface area (Å²) < 4.78 is 10.7. The van der Waals surface area contributed by atoms with E-state index in [1.807, 2.05) is 6.92 Å². The van der Waals surface area contributed by atoms with Gasteiger partial charge >= 0.3 is 6.09 Å². The normalized spacial score (nSPS) is 11.9. The zero-order chi connectivity index (χ0) is 21.3. The fourth-order valence-corrected chi connectivity index (χ4v) is 2.23. The van der Waals surface area contributed by atoms with E-state index in [2.05, 4.69) is 10.6 Å². The first-order valence-corrected chi connectivity index (χ1v) is 9.26. The third-order valence-corrected chi connectivity index (χ3v) is 3.55. The molecule has 0 heterocycles. The van der Waals surface area contributed by atoms with Crippen molar-refractivity contribution in [2.75, 3.05) is 32.1 Å². The van der Waals surface area contributed by atoms with Gasteiger partial charge in [-0.25, -0.2) is 4.79 Å². The third kappa shape index (κ3) is 8.75. The van der Waals surface area contributed by atoms with Gasteiger partial charge in [-0.05, 0) is 39.8 Å². The van der Waals surface area contributed by atoms with Crippen molar-refractivity contribution >= 4 is 23.6 Å². The van der Waals surface area contributed by atoms with Gasteiger partial charge in [0.05, 0.1) is 5.92 Å². The zero-order valence-electron chi connectivity index (χ0n) is 17.5. The maximum atomic E-state index is 12.4. The Morgan fingerprint density at radius 2 is 1.89 bits per heavy atom. The van der Waals surface area contributed by atoms with Crippen LogP contribution in [0, 0.1) is 5.92 Å². The minimum absolute atomic E-state index is 0.0949. The minimum atomic E-state index is -0.592. The first kappa shape index (κ1) is 23.3. The smallest absolute Gasteiger partial charge is 0.410 e. The van der Waals surface area contributed by atoms with Gasteiger partial charge in [0.1, 0.15) is 11.4 Å². The Bertz CT molecular complexity index is 685. The molecule has 1 rings (SSSR count). The summed E-state index contributed by atoms with van der Waals surface area (Å²) in [7, 11) is 1.59. The fraction of sp³-hybridized carbons (Fsp3) is 0.550. The van der Waals surface area contributed by atoms with Crippen LogP contribution in [0.2, 0.25) is 0 Å². The summed E-state index contributed by atoms with van der Waals surface area (Å²) in [5.74, 6) is -0.424. The molecule has 0 aliphatic carbocycles. The molecule has 0 spiro atoms. The molecule has 0 fully saturated rings. The molecule has 0 aliphatic heterocycles. The lowest BCUT2D eigenvalue weighted by Crippen LogP contribution is -2.39. The molecule has 8 nitrogen and oxygen atoms in total. The Kier molecular flexibility index (Phi) is 8.76. The summed E-state index contributed by atoms with van der Waals surface area (Å²) in [5.41, 5.74) is -0.0455. The average Bonchev–Trinajstić information content (AvgIpc) is 2.59. The zero-order valence-corrected chi connectivity index (χ0v) is 17.5. The van der Waals surface area contributed by atoms with Crippen molar-refractivity contribution in [2.45, 2.75) is 40.2 Å². The van der Waals surface area contributed by atoms with Crippen molar-refractivity contribution in [1.29, 1.82) is 0 Å². The SMILES string of the molecule is CCNC(=O)COc1cccc(NC(=O)[C@H](C)CN(C)C(=O)OC(C)(C)C)c1. The third-order valence-electron chi connectivity index (χ3n) is 3.55. The molecule has 156 valence electrons. The molecule has 8 heteroatoms. The molecule has 2 N–H and O–H groups in total. The summed E-state index contributed by atoms with van der Waals surface area (Å²) in [4.78, 5) is 37.3. The standard InChI is InChI=1S/C20H31N3O5/c1-7-21-17(24)13-27-16-10-8-9-15(11-16)22-18(25)14(2)12-23(6)19(26)28-20(3,4)5/h8-11,14H,7,12-13H2,1-6H3,(H,21,24)(H,22,25)/t14-/m1/s1. The van der Waals surface area contributed by atoms with Gasteiger partial charge < -0.3 is 25.0 Å². The van der Waals surface area contributed by atoms with E-state index in [1.54, 1.807) is 59.0 Å². The van der Waals surface area contributed by atoms with Crippen LogP contribution in [0.5, 0.6) is 5.75 Å². The maximum absolute atomic E-state index is 12.4. The van der Waals surface area contributed by atoms with Crippen LogP contribution in [0.25, 0.3) is 0 Å². The second-order valence-electron chi connectivity index (χ2n) is 7.52. The first-order valence-electron chi connectivity index (χ1n) is 9.26. The van der Waals surface area contributed by atoms with Crippen LogP contribution in [0.1, 0.15) is 34.6 Å². The molecule has 0 aliphatic rings. The van der Waals surface area contributed by atoms with Crippen molar-refractivity contribution in [3.8, 4) is 5.75 Å². The molecule has 0 saturated carbocycles. The van der Waals surface area contributed by atoms with E-state index in [9.17, 15) is 14.4 Å². The molecule has 1 atom stereocenters. The lowest BCUT2D eigenvalue weighted by Gasteiger charge is -2.26. The molecule has 0 unspecified atom stereocenters. The van der Waals surface area contributed by atoms with E-state index in [0.29, 0.717) is 18.0 Å². The average molecular weight is 393 g/mol. The van der Waals surface area contributed by atoms with Gasteiger partial charge in [-0.15, -0.1) is 0 Å². The van der Waals surface area contributed by atoms with Gasteiger partial charge in [-0.3, -0.25) is 9.59 Å². The van der Waals surface area contributed by atoms with Gasteiger partial charge in [0.15, 0.2) is 6.61 Å². The number of nitrogens with one attached hydrogen (secondary N) is 2. The number of hydrogen-bond donors (Lipinski definition) is 2. The molecular formula is C20H31N3O5. The van der Waals surface area contributed by atoms with Crippen LogP contribution < -0.4 is 15.4 Å². The van der Waals surface area contributed by atoms with Crippen molar-refractivity contribution in [3.05, 3.63) is 24.3 Å². The summed E-state index contributed by atoms with van der Waals surface area (Å²) >= 11 is 0. The number of benzene rings is 1. The van der Waals surface area contributed by atoms with Crippen molar-refractivity contribution in [3.63, 3.8) is 0 Å². The molecule has 0 saturated heterocycles. The number of hydrogen-bond acceptors (Lipinski definition) is 5. The molecule has 1 aromatic rings. The number of carbonyl (C=O) groups excluding carboxylic acids is 3. The fourth-order valence-electron chi connectivity index (χ4n) is 2.23. The van der Waals surface area contributed by atoms with Crippen molar-refractivity contribution in [2.24, 2.45) is 5.92 Å². The van der Waals surface area contributed by atoms with E-state index in [-0.39, 0.29) is 25.0 Å². The Morgan fingerprint density at radius 3 is 2.50 bits per heavy atom. The highest BCUT2D eigenvalue weighted by Crippen LogP contribution is 2.18. The second kappa shape index (κ2) is 10.5. The number of nitrogens with zero attached hydrogens (tertiary/aromatic N) is 1.